The van der Waals surface area contributed by atoms with Crippen molar-refractivity contribution < 1.29 is 0 Å². The van der Waals surface area contributed by atoms with Crippen molar-refractivity contribution in [3.63, 3.8) is 0 Å². The van der Waals surface area contributed by atoms with Crippen LogP contribution in [-0.2, 0) is 0 Å². The van der Waals surface area contributed by atoms with Crippen molar-refractivity contribution in [1.82, 2.24) is 9.55 Å². The maximum Gasteiger partial charge on any atom is 0.0794 e. The topological polar surface area (TPSA) is 17.8 Å². The number of hydrogen-bond acceptors (Lipinski definition) is 1. The number of rotatable bonds is 4. The highest BCUT2D eigenvalue weighted by atomic mass is 15.0. The van der Waals surface area contributed by atoms with Gasteiger partial charge >= 0.3 is 0 Å². The molecule has 0 N–H and O–H groups in total. The summed E-state index contributed by atoms with van der Waals surface area (Å²) in [7, 11) is 0. The van der Waals surface area contributed by atoms with Gasteiger partial charge in [0.25, 0.3) is 0 Å². The van der Waals surface area contributed by atoms with E-state index in [0.717, 1.165) is 33.2 Å². The van der Waals surface area contributed by atoms with E-state index in [9.17, 15) is 0 Å². The van der Waals surface area contributed by atoms with Crippen LogP contribution in [0.4, 0.5) is 0 Å². The van der Waals surface area contributed by atoms with E-state index in [2.05, 4.69) is 187 Å². The van der Waals surface area contributed by atoms with Crippen molar-refractivity contribution in [3.8, 4) is 39.2 Å². The van der Waals surface area contributed by atoms with Gasteiger partial charge in [0.15, 0.2) is 0 Å². The van der Waals surface area contributed by atoms with E-state index in [1.54, 1.807) is 0 Å². The molecule has 8 aromatic carbocycles. The van der Waals surface area contributed by atoms with Crippen LogP contribution in [0.1, 0.15) is 0 Å². The van der Waals surface area contributed by atoms with Crippen LogP contribution < -0.4 is 0 Å². The number of para-hydroxylation sites is 2. The number of pyridine rings is 1. The van der Waals surface area contributed by atoms with Crippen LogP contribution in [0.2, 0.25) is 0 Å². The smallest absolute Gasteiger partial charge is 0.0794 e. The van der Waals surface area contributed by atoms with Gasteiger partial charge in [-0.3, -0.25) is 0 Å². The largest absolute Gasteiger partial charge is 0.309 e. The number of benzene rings is 8. The highest BCUT2D eigenvalue weighted by Crippen LogP contribution is 2.40. The summed E-state index contributed by atoms with van der Waals surface area (Å²) in [6.07, 6.45) is 0. The minimum absolute atomic E-state index is 0.958. The minimum Gasteiger partial charge on any atom is -0.309 e. The molecule has 2 aromatic heterocycles. The molecule has 10 aromatic rings. The number of hydrogen-bond donors (Lipinski definition) is 0. The summed E-state index contributed by atoms with van der Waals surface area (Å²) in [5, 5.41) is 8.51. The van der Waals surface area contributed by atoms with Crippen molar-refractivity contribution in [2.75, 3.05) is 0 Å². The first-order valence-electron chi connectivity index (χ1n) is 16.8. The third-order valence-electron chi connectivity index (χ3n) is 9.96. The second-order valence-electron chi connectivity index (χ2n) is 12.8. The fourth-order valence-corrected chi connectivity index (χ4v) is 7.64. The summed E-state index contributed by atoms with van der Waals surface area (Å²) < 4.78 is 2.37. The maximum absolute atomic E-state index is 5.50. The molecule has 0 fully saturated rings. The Labute approximate surface area is 284 Å². The van der Waals surface area contributed by atoms with Crippen LogP contribution in [0, 0.1) is 0 Å². The summed E-state index contributed by atoms with van der Waals surface area (Å²) >= 11 is 0. The summed E-state index contributed by atoms with van der Waals surface area (Å²) in [5.74, 6) is 0. The standard InChI is InChI=1S/C47H30N2/c1-3-12-31(13-4-1)33-22-24-37-38-25-23-34(32-14-5-2-6-15-32)30-43(38)47-41(42(37)29-33)26-27-44(48-47)35-16-11-17-36(28-35)49-45-20-9-7-18-39(45)40-19-8-10-21-46(40)49/h1-30H. The Hall–Kier alpha value is -6.51. The second kappa shape index (κ2) is 11.0. The maximum atomic E-state index is 5.50. The van der Waals surface area contributed by atoms with Gasteiger partial charge in [0.05, 0.1) is 22.2 Å². The molecule has 2 heteroatoms. The van der Waals surface area contributed by atoms with Crippen molar-refractivity contribution in [3.05, 3.63) is 182 Å². The van der Waals surface area contributed by atoms with E-state index in [1.165, 1.54) is 60.2 Å². The average molecular weight is 623 g/mol. The van der Waals surface area contributed by atoms with Gasteiger partial charge in [-0.05, 0) is 86.9 Å². The predicted molar refractivity (Wildman–Crippen MR) is 207 cm³/mol. The highest BCUT2D eigenvalue weighted by molar-refractivity contribution is 6.25. The van der Waals surface area contributed by atoms with E-state index < -0.39 is 0 Å². The first-order chi connectivity index (χ1) is 24.3. The fourth-order valence-electron chi connectivity index (χ4n) is 7.64. The van der Waals surface area contributed by atoms with Crippen LogP contribution >= 0.6 is 0 Å². The quantitative estimate of drug-likeness (QED) is 0.179. The molecule has 0 aliphatic carbocycles. The number of aromatic nitrogens is 2. The van der Waals surface area contributed by atoms with E-state index in [0.29, 0.717) is 0 Å². The molecule has 0 spiro atoms. The molecule has 0 atom stereocenters. The van der Waals surface area contributed by atoms with Gasteiger partial charge in [0.1, 0.15) is 0 Å². The summed E-state index contributed by atoms with van der Waals surface area (Å²) in [5.41, 5.74) is 11.4. The predicted octanol–water partition coefficient (Wildman–Crippen LogP) is 12.6. The molecule has 10 rings (SSSR count). The molecule has 0 aliphatic rings. The lowest BCUT2D eigenvalue weighted by molar-refractivity contribution is 1.18. The monoisotopic (exact) mass is 622 g/mol. The van der Waals surface area contributed by atoms with Gasteiger partial charge in [-0.25, -0.2) is 4.98 Å². The zero-order valence-corrected chi connectivity index (χ0v) is 26.7. The average Bonchev–Trinajstić information content (AvgIpc) is 3.52. The molecular weight excluding hydrogens is 593 g/mol. The molecule has 2 nitrogen and oxygen atoms in total. The lowest BCUT2D eigenvalue weighted by Crippen LogP contribution is -1.95. The molecule has 0 unspecified atom stereocenters. The van der Waals surface area contributed by atoms with E-state index >= 15 is 0 Å². The Morgan fingerprint density at radius 1 is 0.306 bits per heavy atom. The highest BCUT2D eigenvalue weighted by Gasteiger charge is 2.16. The summed E-state index contributed by atoms with van der Waals surface area (Å²) in [4.78, 5) is 5.50. The molecule has 2 heterocycles. The molecular formula is C47H30N2. The van der Waals surface area contributed by atoms with Gasteiger partial charge < -0.3 is 4.57 Å². The minimum atomic E-state index is 0.958. The third-order valence-corrected chi connectivity index (χ3v) is 9.96. The SMILES string of the molecule is c1ccc(-c2ccc3c(c2)c2ccc(-c4cccc(-n5c6ccccc6c6ccccc65)c4)nc2c2cc(-c4ccccc4)ccc32)cc1. The van der Waals surface area contributed by atoms with Crippen LogP contribution in [0.3, 0.4) is 0 Å². The fraction of sp³-hybridized carbons (Fsp3) is 0. The Bertz CT molecular complexity index is 2810. The zero-order valence-electron chi connectivity index (χ0n) is 26.7. The summed E-state index contributed by atoms with van der Waals surface area (Å²) in [6, 6.07) is 65.5. The van der Waals surface area contributed by atoms with Crippen LogP contribution in [0.5, 0.6) is 0 Å². The van der Waals surface area contributed by atoms with Crippen molar-refractivity contribution in [1.29, 1.82) is 0 Å². The second-order valence-corrected chi connectivity index (χ2v) is 12.8. The Kier molecular flexibility index (Phi) is 6.22. The van der Waals surface area contributed by atoms with Gasteiger partial charge in [0.2, 0.25) is 0 Å². The Balaban J connectivity index is 1.22. The van der Waals surface area contributed by atoms with E-state index in [-0.39, 0.29) is 0 Å². The van der Waals surface area contributed by atoms with Gasteiger partial charge in [-0.2, -0.15) is 0 Å². The molecule has 0 saturated carbocycles. The molecule has 0 radical (unpaired) electrons. The molecule has 0 aliphatic heterocycles. The van der Waals surface area contributed by atoms with Crippen LogP contribution in [-0.4, -0.2) is 9.55 Å². The first kappa shape index (κ1) is 27.6. The Morgan fingerprint density at radius 2 is 0.837 bits per heavy atom. The number of nitrogens with zero attached hydrogens (tertiary/aromatic N) is 2. The lowest BCUT2D eigenvalue weighted by Gasteiger charge is -2.15. The molecule has 0 bridgehead atoms. The van der Waals surface area contributed by atoms with Crippen molar-refractivity contribution >= 4 is 54.3 Å². The summed E-state index contributed by atoms with van der Waals surface area (Å²) in [6.45, 7) is 0. The molecule has 228 valence electrons. The van der Waals surface area contributed by atoms with Crippen molar-refractivity contribution in [2.45, 2.75) is 0 Å². The van der Waals surface area contributed by atoms with Crippen molar-refractivity contribution in [2.24, 2.45) is 0 Å². The zero-order chi connectivity index (χ0) is 32.3. The molecule has 49 heavy (non-hydrogen) atoms. The van der Waals surface area contributed by atoms with Crippen LogP contribution in [0.15, 0.2) is 182 Å². The van der Waals surface area contributed by atoms with E-state index in [1.807, 2.05) is 0 Å². The normalized spacial score (nSPS) is 11.7. The molecule has 0 saturated heterocycles. The van der Waals surface area contributed by atoms with Gasteiger partial charge in [-0.15, -0.1) is 0 Å². The number of fused-ring (bicyclic) bond motifs is 9. The van der Waals surface area contributed by atoms with Crippen LogP contribution in [0.25, 0.3) is 93.5 Å². The lowest BCUT2D eigenvalue weighted by atomic mass is 9.92. The Morgan fingerprint density at radius 3 is 1.49 bits per heavy atom. The molecule has 0 amide bonds. The van der Waals surface area contributed by atoms with Gasteiger partial charge in [0, 0.05) is 32.8 Å². The third kappa shape index (κ3) is 4.46. The first-order valence-corrected chi connectivity index (χ1v) is 16.8. The van der Waals surface area contributed by atoms with Gasteiger partial charge in [-0.1, -0.05) is 133 Å². The van der Waals surface area contributed by atoms with E-state index in [4.69, 9.17) is 4.98 Å².